The zero-order valence-corrected chi connectivity index (χ0v) is 16.6. The van der Waals surface area contributed by atoms with Crippen LogP contribution in [0.3, 0.4) is 0 Å². The van der Waals surface area contributed by atoms with Crippen LogP contribution in [0.1, 0.15) is 23.0 Å². The second-order valence-corrected chi connectivity index (χ2v) is 6.84. The van der Waals surface area contributed by atoms with E-state index in [0.29, 0.717) is 30.3 Å². The lowest BCUT2D eigenvalue weighted by molar-refractivity contribution is 0.0747. The van der Waals surface area contributed by atoms with Gasteiger partial charge in [-0.2, -0.15) is 0 Å². The van der Waals surface area contributed by atoms with Gasteiger partial charge in [-0.3, -0.25) is 4.79 Å². The molecule has 1 aromatic heterocycles. The molecule has 0 aliphatic carbocycles. The number of benzene rings is 2. The van der Waals surface area contributed by atoms with Gasteiger partial charge in [0.1, 0.15) is 5.69 Å². The van der Waals surface area contributed by atoms with Gasteiger partial charge in [0.05, 0.1) is 14.2 Å². The molecule has 26 heavy (non-hydrogen) atoms. The van der Waals surface area contributed by atoms with Crippen molar-refractivity contribution in [2.45, 2.75) is 13.5 Å². The molecule has 0 aliphatic heterocycles. The summed E-state index contributed by atoms with van der Waals surface area (Å²) in [5, 5.41) is 1.00. The number of hydrogen-bond donors (Lipinski definition) is 1. The number of rotatable bonds is 6. The molecule has 0 saturated heterocycles. The lowest BCUT2D eigenvalue weighted by Crippen LogP contribution is -2.30. The molecule has 5 nitrogen and oxygen atoms in total. The maximum Gasteiger partial charge on any atom is 0.270 e. The number of ether oxygens (including phenoxy) is 2. The van der Waals surface area contributed by atoms with E-state index in [9.17, 15) is 4.79 Å². The Morgan fingerprint density at radius 2 is 1.85 bits per heavy atom. The molecule has 3 rings (SSSR count). The van der Waals surface area contributed by atoms with Crippen molar-refractivity contribution >= 4 is 32.7 Å². The topological polar surface area (TPSA) is 54.6 Å². The van der Waals surface area contributed by atoms with Crippen molar-refractivity contribution in [1.82, 2.24) is 9.88 Å². The van der Waals surface area contributed by atoms with Crippen LogP contribution >= 0.6 is 15.9 Å². The standard InChI is InChI=1S/C20H21BrN2O3/c1-4-23(12-13-5-8-18(25-2)19(9-13)26-3)20(24)17-11-14-10-15(21)6-7-16(14)22-17/h5-11,22H,4,12H2,1-3H3. The Morgan fingerprint density at radius 3 is 2.54 bits per heavy atom. The van der Waals surface area contributed by atoms with E-state index < -0.39 is 0 Å². The minimum absolute atomic E-state index is 0.0328. The molecule has 0 radical (unpaired) electrons. The molecule has 1 N–H and O–H groups in total. The fourth-order valence-electron chi connectivity index (χ4n) is 2.92. The van der Waals surface area contributed by atoms with E-state index in [0.717, 1.165) is 20.9 Å². The second-order valence-electron chi connectivity index (χ2n) is 5.92. The van der Waals surface area contributed by atoms with Crippen molar-refractivity contribution in [3.63, 3.8) is 0 Å². The number of H-pyrrole nitrogens is 1. The van der Waals surface area contributed by atoms with E-state index in [-0.39, 0.29) is 5.91 Å². The van der Waals surface area contributed by atoms with Crippen LogP contribution in [0.2, 0.25) is 0 Å². The molecule has 0 atom stereocenters. The van der Waals surface area contributed by atoms with Crippen LogP contribution in [0.15, 0.2) is 46.9 Å². The summed E-state index contributed by atoms with van der Waals surface area (Å²) in [5.41, 5.74) is 2.51. The highest BCUT2D eigenvalue weighted by atomic mass is 79.9. The van der Waals surface area contributed by atoms with Crippen molar-refractivity contribution in [3.05, 3.63) is 58.2 Å². The van der Waals surface area contributed by atoms with Crippen LogP contribution in [-0.2, 0) is 6.54 Å². The average molecular weight is 417 g/mol. The molecule has 136 valence electrons. The van der Waals surface area contributed by atoms with Crippen molar-refractivity contribution < 1.29 is 14.3 Å². The quantitative estimate of drug-likeness (QED) is 0.638. The van der Waals surface area contributed by atoms with E-state index >= 15 is 0 Å². The van der Waals surface area contributed by atoms with Crippen molar-refractivity contribution in [3.8, 4) is 11.5 Å². The monoisotopic (exact) mass is 416 g/mol. The molecule has 0 saturated carbocycles. The molecule has 1 heterocycles. The molecular weight excluding hydrogens is 396 g/mol. The zero-order valence-electron chi connectivity index (χ0n) is 15.0. The van der Waals surface area contributed by atoms with E-state index in [4.69, 9.17) is 9.47 Å². The van der Waals surface area contributed by atoms with Gasteiger partial charge in [0.25, 0.3) is 5.91 Å². The number of carbonyl (C=O) groups excluding carboxylic acids is 1. The van der Waals surface area contributed by atoms with Gasteiger partial charge in [-0.15, -0.1) is 0 Å². The molecule has 0 aliphatic rings. The second kappa shape index (κ2) is 7.83. The van der Waals surface area contributed by atoms with E-state index in [1.54, 1.807) is 19.1 Å². The lowest BCUT2D eigenvalue weighted by Gasteiger charge is -2.21. The van der Waals surface area contributed by atoms with Crippen LogP contribution < -0.4 is 9.47 Å². The van der Waals surface area contributed by atoms with Crippen LogP contribution in [0.5, 0.6) is 11.5 Å². The third-order valence-corrected chi connectivity index (χ3v) is 4.80. The summed E-state index contributed by atoms with van der Waals surface area (Å²) in [7, 11) is 3.21. The molecule has 0 unspecified atom stereocenters. The summed E-state index contributed by atoms with van der Waals surface area (Å²) >= 11 is 3.46. The summed E-state index contributed by atoms with van der Waals surface area (Å²) < 4.78 is 11.6. The summed E-state index contributed by atoms with van der Waals surface area (Å²) in [6, 6.07) is 13.5. The van der Waals surface area contributed by atoms with Gasteiger partial charge in [0.2, 0.25) is 0 Å². The van der Waals surface area contributed by atoms with Gasteiger partial charge < -0.3 is 19.4 Å². The van der Waals surface area contributed by atoms with Gasteiger partial charge in [0.15, 0.2) is 11.5 Å². The highest BCUT2D eigenvalue weighted by Gasteiger charge is 2.18. The third kappa shape index (κ3) is 3.70. The summed E-state index contributed by atoms with van der Waals surface area (Å²) in [6.45, 7) is 3.07. The smallest absolute Gasteiger partial charge is 0.270 e. The fourth-order valence-corrected chi connectivity index (χ4v) is 3.29. The number of nitrogens with one attached hydrogen (secondary N) is 1. The predicted molar refractivity (Wildman–Crippen MR) is 106 cm³/mol. The Kier molecular flexibility index (Phi) is 5.52. The predicted octanol–water partition coefficient (Wildman–Crippen LogP) is 4.61. The number of halogens is 1. The number of nitrogens with zero attached hydrogens (tertiary/aromatic N) is 1. The molecular formula is C20H21BrN2O3. The largest absolute Gasteiger partial charge is 0.493 e. The van der Waals surface area contributed by atoms with Crippen molar-refractivity contribution in [1.29, 1.82) is 0 Å². The Hall–Kier alpha value is -2.47. The lowest BCUT2D eigenvalue weighted by atomic mass is 10.1. The number of fused-ring (bicyclic) bond motifs is 1. The Labute approximate surface area is 161 Å². The fraction of sp³-hybridized carbons (Fsp3) is 0.250. The van der Waals surface area contributed by atoms with E-state index in [2.05, 4.69) is 20.9 Å². The number of aromatic nitrogens is 1. The molecule has 2 aromatic carbocycles. The molecule has 0 bridgehead atoms. The van der Waals surface area contributed by atoms with E-state index in [1.807, 2.05) is 49.4 Å². The number of hydrogen-bond acceptors (Lipinski definition) is 3. The van der Waals surface area contributed by atoms with Crippen LogP contribution in [0.4, 0.5) is 0 Å². The van der Waals surface area contributed by atoms with Gasteiger partial charge >= 0.3 is 0 Å². The summed E-state index contributed by atoms with van der Waals surface area (Å²) in [5.74, 6) is 1.30. The van der Waals surface area contributed by atoms with Crippen LogP contribution in [-0.4, -0.2) is 36.6 Å². The Bertz CT molecular complexity index is 936. The van der Waals surface area contributed by atoms with E-state index in [1.165, 1.54) is 0 Å². The minimum atomic E-state index is -0.0328. The van der Waals surface area contributed by atoms with Crippen molar-refractivity contribution in [2.75, 3.05) is 20.8 Å². The molecule has 0 spiro atoms. The summed E-state index contributed by atoms with van der Waals surface area (Å²) in [6.07, 6.45) is 0. The first-order valence-corrected chi connectivity index (χ1v) is 9.13. The summed E-state index contributed by atoms with van der Waals surface area (Å²) in [4.78, 5) is 17.9. The number of carbonyl (C=O) groups is 1. The molecule has 0 fully saturated rings. The maximum atomic E-state index is 12.9. The minimum Gasteiger partial charge on any atom is -0.493 e. The van der Waals surface area contributed by atoms with Crippen LogP contribution in [0, 0.1) is 0 Å². The van der Waals surface area contributed by atoms with Gasteiger partial charge in [0, 0.05) is 28.5 Å². The maximum absolute atomic E-state index is 12.9. The number of aromatic amines is 1. The molecule has 3 aromatic rings. The highest BCUT2D eigenvalue weighted by molar-refractivity contribution is 9.10. The normalized spacial score (nSPS) is 10.8. The molecule has 6 heteroatoms. The van der Waals surface area contributed by atoms with Crippen molar-refractivity contribution in [2.24, 2.45) is 0 Å². The Morgan fingerprint density at radius 1 is 1.08 bits per heavy atom. The van der Waals surface area contributed by atoms with Gasteiger partial charge in [-0.25, -0.2) is 0 Å². The average Bonchev–Trinajstić information content (AvgIpc) is 3.08. The first kappa shape index (κ1) is 18.3. The number of methoxy groups -OCH3 is 2. The first-order chi connectivity index (χ1) is 12.5. The highest BCUT2D eigenvalue weighted by Crippen LogP contribution is 2.28. The SMILES string of the molecule is CCN(Cc1ccc(OC)c(OC)c1)C(=O)c1cc2cc(Br)ccc2[nH]1. The Balaban J connectivity index is 1.84. The van der Waals surface area contributed by atoms with Gasteiger partial charge in [-0.05, 0) is 48.9 Å². The van der Waals surface area contributed by atoms with Crippen LogP contribution in [0.25, 0.3) is 10.9 Å². The third-order valence-electron chi connectivity index (χ3n) is 4.30. The first-order valence-electron chi connectivity index (χ1n) is 8.34. The van der Waals surface area contributed by atoms with Gasteiger partial charge in [-0.1, -0.05) is 22.0 Å². The zero-order chi connectivity index (χ0) is 18.7. The number of amides is 1. The molecule has 1 amide bonds.